The fourth-order valence-electron chi connectivity index (χ4n) is 6.40. The maximum atomic E-state index is 13.8. The van der Waals surface area contributed by atoms with Crippen molar-refractivity contribution in [3.63, 3.8) is 0 Å². The van der Waals surface area contributed by atoms with Crippen LogP contribution in [-0.2, 0) is 16.6 Å². The summed E-state index contributed by atoms with van der Waals surface area (Å²) in [6.07, 6.45) is 3.27. The third-order valence-corrected chi connectivity index (χ3v) is 8.81. The highest BCUT2D eigenvalue weighted by Crippen LogP contribution is 2.43. The van der Waals surface area contributed by atoms with Crippen molar-refractivity contribution < 1.29 is 14.3 Å². The molecule has 2 aliphatic heterocycles. The molecule has 0 radical (unpaired) electrons. The average Bonchev–Trinajstić information content (AvgIpc) is 2.93. The maximum Gasteiger partial charge on any atom is 0.209 e. The van der Waals surface area contributed by atoms with Crippen LogP contribution in [-0.4, -0.2) is 59.6 Å². The van der Waals surface area contributed by atoms with Gasteiger partial charge >= 0.3 is 0 Å². The van der Waals surface area contributed by atoms with Gasteiger partial charge in [0.05, 0.1) is 6.04 Å². The van der Waals surface area contributed by atoms with Gasteiger partial charge in [-0.3, -0.25) is 9.69 Å². The predicted octanol–water partition coefficient (Wildman–Crippen LogP) is 6.25. The van der Waals surface area contributed by atoms with Crippen LogP contribution in [0.1, 0.15) is 67.5 Å². The maximum absolute atomic E-state index is 13.8. The summed E-state index contributed by atoms with van der Waals surface area (Å²) in [7, 11) is 0. The Kier molecular flexibility index (Phi) is 11.2. The number of nitrogens with zero attached hydrogens (tertiary/aromatic N) is 2. The van der Waals surface area contributed by atoms with E-state index in [-0.39, 0.29) is 47.8 Å². The lowest BCUT2D eigenvalue weighted by atomic mass is 9.71. The van der Waals surface area contributed by atoms with Crippen LogP contribution in [0.25, 0.3) is 0 Å². The van der Waals surface area contributed by atoms with Crippen molar-refractivity contribution in [2.24, 2.45) is 0 Å². The van der Waals surface area contributed by atoms with Crippen LogP contribution < -0.4 is 5.32 Å². The monoisotopic (exact) mass is 601 g/mol. The van der Waals surface area contributed by atoms with Crippen LogP contribution in [0.2, 0.25) is 0 Å². The van der Waals surface area contributed by atoms with Crippen LogP contribution in [0.4, 0.5) is 4.39 Å². The number of likely N-dealkylation sites (tertiary alicyclic amines) is 1. The number of benzene rings is 3. The highest BCUT2D eigenvalue weighted by molar-refractivity contribution is 5.85. The fourth-order valence-corrected chi connectivity index (χ4v) is 6.40. The van der Waals surface area contributed by atoms with Crippen molar-refractivity contribution in [1.29, 1.82) is 0 Å². The molecular formula is C33H42Cl2FN3O2. The molecule has 0 spiro atoms. The second-order valence-electron chi connectivity index (χ2n) is 11.7. The minimum Gasteiger partial charge on any atom is -0.508 e. The number of hydrogen-bond donors (Lipinski definition) is 2. The number of hydrogen-bond acceptors (Lipinski definition) is 4. The third kappa shape index (κ3) is 7.23. The standard InChI is InChI=1S/C33H40FN3O2.2ClH/c1-23-21-37(24(2)20-35-23)32(27-12-11-26(31(39)19-27)17-25-7-6-8-28(34)18-25)29-9-4-5-10-30(29)33(3)13-15-36(22-38)16-14-33;;/h4-12,18-19,22-24,32,35,39H,13-17,20-21H2,1-3H3;2*1H/t23-,24+,32-;;/m1../s1. The zero-order valence-corrected chi connectivity index (χ0v) is 25.7. The number of piperidine rings is 1. The summed E-state index contributed by atoms with van der Waals surface area (Å²) in [6, 6.07) is 21.9. The van der Waals surface area contributed by atoms with E-state index in [4.69, 9.17) is 0 Å². The van der Waals surface area contributed by atoms with Gasteiger partial charge < -0.3 is 15.3 Å². The first kappa shape index (κ1) is 32.9. The lowest BCUT2D eigenvalue weighted by Crippen LogP contribution is -2.55. The molecule has 2 aliphatic rings. The van der Waals surface area contributed by atoms with E-state index in [0.717, 1.165) is 62.1 Å². The molecule has 3 aromatic carbocycles. The van der Waals surface area contributed by atoms with Crippen LogP contribution in [0.15, 0.2) is 66.7 Å². The van der Waals surface area contributed by atoms with Crippen molar-refractivity contribution in [1.82, 2.24) is 15.1 Å². The predicted molar refractivity (Wildman–Crippen MR) is 168 cm³/mol. The first-order valence-electron chi connectivity index (χ1n) is 14.1. The molecule has 1 amide bonds. The largest absolute Gasteiger partial charge is 0.508 e. The molecule has 2 saturated heterocycles. The van der Waals surface area contributed by atoms with Gasteiger partial charge in [0.25, 0.3) is 0 Å². The van der Waals surface area contributed by atoms with Crippen molar-refractivity contribution in [3.05, 3.63) is 100 Å². The van der Waals surface area contributed by atoms with Gasteiger partial charge in [-0.05, 0) is 78.1 Å². The second-order valence-corrected chi connectivity index (χ2v) is 11.7. The van der Waals surface area contributed by atoms with Gasteiger partial charge in [0, 0.05) is 44.7 Å². The SMILES string of the molecule is C[C@@H]1CN([C@H](c2ccc(Cc3cccc(F)c3)c(O)c2)c2ccccc2C2(C)CCN(C=O)CC2)[C@@H](C)CN1.Cl.Cl. The number of piperazine rings is 1. The van der Waals surface area contributed by atoms with E-state index in [1.807, 2.05) is 23.1 Å². The lowest BCUT2D eigenvalue weighted by Gasteiger charge is -2.45. The molecule has 2 fully saturated rings. The third-order valence-electron chi connectivity index (χ3n) is 8.81. The van der Waals surface area contributed by atoms with Crippen LogP contribution >= 0.6 is 24.8 Å². The van der Waals surface area contributed by atoms with Gasteiger partial charge in [-0.2, -0.15) is 0 Å². The Labute approximate surface area is 256 Å². The lowest BCUT2D eigenvalue weighted by molar-refractivity contribution is -0.119. The summed E-state index contributed by atoms with van der Waals surface area (Å²) in [5.41, 5.74) is 5.21. The number of phenols is 1. The number of halogens is 3. The Morgan fingerprint density at radius 2 is 1.78 bits per heavy atom. The number of rotatable bonds is 7. The number of carbonyl (C=O) groups is 1. The summed E-state index contributed by atoms with van der Waals surface area (Å²) in [6.45, 7) is 10.1. The van der Waals surface area contributed by atoms with E-state index in [1.165, 1.54) is 23.3 Å². The second kappa shape index (κ2) is 14.0. The number of aromatic hydroxyl groups is 1. The summed E-state index contributed by atoms with van der Waals surface area (Å²) >= 11 is 0. The zero-order valence-electron chi connectivity index (χ0n) is 24.1. The molecule has 2 heterocycles. The smallest absolute Gasteiger partial charge is 0.209 e. The fraction of sp³-hybridized carbons (Fsp3) is 0.424. The Bertz CT molecular complexity index is 1320. The molecule has 222 valence electrons. The average molecular weight is 603 g/mol. The van der Waals surface area contributed by atoms with Gasteiger partial charge in [0.15, 0.2) is 0 Å². The number of phenolic OH excluding ortho intramolecular Hbond substituents is 1. The first-order valence-corrected chi connectivity index (χ1v) is 14.1. The quantitative estimate of drug-likeness (QED) is 0.314. The summed E-state index contributed by atoms with van der Waals surface area (Å²) < 4.78 is 13.8. The number of carbonyl (C=O) groups excluding carboxylic acids is 1. The summed E-state index contributed by atoms with van der Waals surface area (Å²) in [4.78, 5) is 15.8. The van der Waals surface area contributed by atoms with Gasteiger partial charge in [0.2, 0.25) is 6.41 Å². The van der Waals surface area contributed by atoms with Gasteiger partial charge in [0.1, 0.15) is 11.6 Å². The van der Waals surface area contributed by atoms with Crippen LogP contribution in [0, 0.1) is 5.82 Å². The van der Waals surface area contributed by atoms with Gasteiger partial charge in [-0.15, -0.1) is 24.8 Å². The molecule has 0 bridgehead atoms. The van der Waals surface area contributed by atoms with E-state index in [0.29, 0.717) is 18.5 Å². The van der Waals surface area contributed by atoms with Crippen molar-refractivity contribution in [2.75, 3.05) is 26.2 Å². The molecule has 8 heteroatoms. The molecule has 5 nitrogen and oxygen atoms in total. The molecule has 3 atom stereocenters. The van der Waals surface area contributed by atoms with Crippen LogP contribution in [0.5, 0.6) is 5.75 Å². The highest BCUT2D eigenvalue weighted by atomic mass is 35.5. The van der Waals surface area contributed by atoms with Gasteiger partial charge in [-0.1, -0.05) is 55.5 Å². The van der Waals surface area contributed by atoms with E-state index >= 15 is 0 Å². The van der Waals surface area contributed by atoms with Crippen LogP contribution in [0.3, 0.4) is 0 Å². The molecule has 41 heavy (non-hydrogen) atoms. The van der Waals surface area contributed by atoms with E-state index in [1.54, 1.807) is 6.07 Å². The van der Waals surface area contributed by atoms with E-state index < -0.39 is 0 Å². The van der Waals surface area contributed by atoms with Gasteiger partial charge in [-0.25, -0.2) is 4.39 Å². The Balaban J connectivity index is 0.00000231. The molecule has 0 unspecified atom stereocenters. The number of nitrogens with one attached hydrogen (secondary N) is 1. The number of amides is 1. The first-order chi connectivity index (χ1) is 18.8. The topological polar surface area (TPSA) is 55.8 Å². The summed E-state index contributed by atoms with van der Waals surface area (Å²) in [5.74, 6) is -0.0323. The Hall–Kier alpha value is -2.64. The molecule has 0 aliphatic carbocycles. The molecular weight excluding hydrogens is 560 g/mol. The molecule has 2 N–H and O–H groups in total. The van der Waals surface area contributed by atoms with E-state index in [2.05, 4.69) is 61.3 Å². The molecule has 0 saturated carbocycles. The minimum atomic E-state index is -0.269. The Morgan fingerprint density at radius 1 is 1.05 bits per heavy atom. The molecule has 5 rings (SSSR count). The van der Waals surface area contributed by atoms with Crippen molar-refractivity contribution in [2.45, 2.75) is 63.6 Å². The normalized spacial score (nSPS) is 21.3. The minimum absolute atomic E-state index is 0. The Morgan fingerprint density at radius 3 is 2.46 bits per heavy atom. The highest BCUT2D eigenvalue weighted by Gasteiger charge is 2.38. The van der Waals surface area contributed by atoms with Crippen molar-refractivity contribution >= 4 is 31.2 Å². The van der Waals surface area contributed by atoms with Crippen molar-refractivity contribution in [3.8, 4) is 5.75 Å². The summed E-state index contributed by atoms with van der Waals surface area (Å²) in [5, 5.41) is 14.8. The molecule has 3 aromatic rings. The van der Waals surface area contributed by atoms with E-state index in [9.17, 15) is 14.3 Å². The zero-order chi connectivity index (χ0) is 27.6. The molecule has 0 aromatic heterocycles.